The van der Waals surface area contributed by atoms with Crippen LogP contribution < -0.4 is 0 Å². The van der Waals surface area contributed by atoms with Gasteiger partial charge < -0.3 is 4.74 Å². The maximum absolute atomic E-state index is 5.87. The first kappa shape index (κ1) is 15.4. The van der Waals surface area contributed by atoms with Gasteiger partial charge in [-0.15, -0.1) is 0 Å². The fourth-order valence-corrected chi connectivity index (χ4v) is 2.40. The van der Waals surface area contributed by atoms with Gasteiger partial charge in [0.25, 0.3) is 0 Å². The van der Waals surface area contributed by atoms with E-state index in [0.29, 0.717) is 12.1 Å². The van der Waals surface area contributed by atoms with Crippen LogP contribution in [-0.2, 0) is 4.74 Å². The average Bonchev–Trinajstić information content (AvgIpc) is 2.29. The normalized spacial score (nSPS) is 23.6. The predicted octanol–water partition coefficient (Wildman–Crippen LogP) is 2.20. The Morgan fingerprint density at radius 2 is 2.12 bits per heavy atom. The highest BCUT2D eigenvalue weighted by atomic mass is 79.9. The minimum atomic E-state index is 0.184. The van der Waals surface area contributed by atoms with Crippen LogP contribution in [0.1, 0.15) is 27.7 Å². The smallest absolute Gasteiger partial charge is 0.0829 e. The second-order valence-corrected chi connectivity index (χ2v) is 6.47. The van der Waals surface area contributed by atoms with Gasteiger partial charge in [-0.3, -0.25) is 9.80 Å². The zero-order valence-electron chi connectivity index (χ0n) is 11.9. The van der Waals surface area contributed by atoms with E-state index in [1.807, 2.05) is 0 Å². The molecule has 0 amide bonds. The summed E-state index contributed by atoms with van der Waals surface area (Å²) in [6.45, 7) is 13.0. The molecule has 4 heteroatoms. The molecule has 0 bridgehead atoms. The second kappa shape index (κ2) is 6.50. The van der Waals surface area contributed by atoms with Crippen molar-refractivity contribution in [2.45, 2.75) is 45.4 Å². The van der Waals surface area contributed by atoms with E-state index in [4.69, 9.17) is 4.74 Å². The number of hydrogen-bond donors (Lipinski definition) is 0. The fraction of sp³-hybridized carbons (Fsp3) is 1.00. The average molecular weight is 307 g/mol. The summed E-state index contributed by atoms with van der Waals surface area (Å²) < 4.78 is 5.87. The van der Waals surface area contributed by atoms with Gasteiger partial charge in [-0.25, -0.2) is 0 Å². The number of ether oxygens (including phenoxy) is 1. The van der Waals surface area contributed by atoms with Crippen LogP contribution in [0.3, 0.4) is 0 Å². The van der Waals surface area contributed by atoms with E-state index in [9.17, 15) is 0 Å². The van der Waals surface area contributed by atoms with Crippen molar-refractivity contribution in [2.75, 3.05) is 38.6 Å². The highest BCUT2D eigenvalue weighted by Crippen LogP contribution is 2.17. The van der Waals surface area contributed by atoms with E-state index < -0.39 is 0 Å². The Balaban J connectivity index is 2.46. The lowest BCUT2D eigenvalue weighted by Crippen LogP contribution is -2.53. The van der Waals surface area contributed by atoms with Gasteiger partial charge in [0.15, 0.2) is 0 Å². The van der Waals surface area contributed by atoms with Gasteiger partial charge in [0.05, 0.1) is 12.7 Å². The molecule has 0 spiro atoms. The number of halogens is 1. The van der Waals surface area contributed by atoms with Gasteiger partial charge in [-0.1, -0.05) is 15.9 Å². The Hall–Kier alpha value is 0.360. The Bertz CT molecular complexity index is 233. The number of rotatable bonds is 5. The van der Waals surface area contributed by atoms with E-state index in [2.05, 4.69) is 60.5 Å². The highest BCUT2D eigenvalue weighted by molar-refractivity contribution is 9.09. The van der Waals surface area contributed by atoms with Gasteiger partial charge in [-0.2, -0.15) is 0 Å². The fourth-order valence-electron chi connectivity index (χ4n) is 1.98. The summed E-state index contributed by atoms with van der Waals surface area (Å²) in [5, 5.41) is 0.983. The van der Waals surface area contributed by atoms with Crippen LogP contribution in [0.4, 0.5) is 0 Å². The number of nitrogens with zero attached hydrogens (tertiary/aromatic N) is 2. The Morgan fingerprint density at radius 1 is 1.47 bits per heavy atom. The molecule has 1 rings (SSSR count). The van der Waals surface area contributed by atoms with Crippen molar-refractivity contribution >= 4 is 15.9 Å². The Kier molecular flexibility index (Phi) is 5.90. The van der Waals surface area contributed by atoms with Gasteiger partial charge in [0.2, 0.25) is 0 Å². The van der Waals surface area contributed by atoms with Crippen molar-refractivity contribution in [3.05, 3.63) is 0 Å². The third kappa shape index (κ3) is 4.51. The maximum Gasteiger partial charge on any atom is 0.0829 e. The van der Waals surface area contributed by atoms with Gasteiger partial charge >= 0.3 is 0 Å². The SMILES string of the molecule is CC(C)N1CCOC(CN(C)C(C)(C)CBr)C1. The molecule has 17 heavy (non-hydrogen) atoms. The number of likely N-dealkylation sites (N-methyl/N-ethyl adjacent to an activating group) is 1. The van der Waals surface area contributed by atoms with Crippen molar-refractivity contribution in [3.8, 4) is 0 Å². The Labute approximate surface area is 115 Å². The molecule has 1 saturated heterocycles. The van der Waals surface area contributed by atoms with Crippen LogP contribution in [-0.4, -0.2) is 66.1 Å². The molecule has 1 aliphatic heterocycles. The first-order chi connectivity index (χ1) is 7.86. The van der Waals surface area contributed by atoms with E-state index in [-0.39, 0.29) is 5.54 Å². The second-order valence-electron chi connectivity index (χ2n) is 5.91. The summed E-state index contributed by atoms with van der Waals surface area (Å²) in [6, 6.07) is 0.621. The molecule has 1 atom stereocenters. The summed E-state index contributed by atoms with van der Waals surface area (Å²) in [6.07, 6.45) is 0.342. The monoisotopic (exact) mass is 306 g/mol. The van der Waals surface area contributed by atoms with Crippen molar-refractivity contribution in [1.82, 2.24) is 9.80 Å². The van der Waals surface area contributed by atoms with Gasteiger partial charge in [0.1, 0.15) is 0 Å². The van der Waals surface area contributed by atoms with E-state index >= 15 is 0 Å². The molecule has 102 valence electrons. The van der Waals surface area contributed by atoms with Crippen LogP contribution in [0, 0.1) is 0 Å². The topological polar surface area (TPSA) is 15.7 Å². The summed E-state index contributed by atoms with van der Waals surface area (Å²) in [5.41, 5.74) is 0.184. The van der Waals surface area contributed by atoms with Crippen molar-refractivity contribution in [3.63, 3.8) is 0 Å². The van der Waals surface area contributed by atoms with Crippen molar-refractivity contribution in [2.24, 2.45) is 0 Å². The summed E-state index contributed by atoms with van der Waals surface area (Å²) in [4.78, 5) is 4.89. The molecule has 0 aromatic rings. The third-order valence-electron chi connectivity index (χ3n) is 3.74. The van der Waals surface area contributed by atoms with Crippen LogP contribution in [0.15, 0.2) is 0 Å². The third-order valence-corrected chi connectivity index (χ3v) is 5.11. The van der Waals surface area contributed by atoms with Gasteiger partial charge in [0, 0.05) is 36.5 Å². The van der Waals surface area contributed by atoms with Crippen molar-refractivity contribution < 1.29 is 4.74 Å². The maximum atomic E-state index is 5.87. The molecule has 1 fully saturated rings. The zero-order chi connectivity index (χ0) is 13.1. The molecule has 0 aromatic carbocycles. The molecule has 0 aromatic heterocycles. The molecular formula is C13H27BrN2O. The molecule has 3 nitrogen and oxygen atoms in total. The molecular weight excluding hydrogens is 280 g/mol. The van der Waals surface area contributed by atoms with Crippen LogP contribution in [0.2, 0.25) is 0 Å². The largest absolute Gasteiger partial charge is 0.374 e. The summed E-state index contributed by atoms with van der Waals surface area (Å²) in [5.74, 6) is 0. The van der Waals surface area contributed by atoms with E-state index in [1.54, 1.807) is 0 Å². The van der Waals surface area contributed by atoms with E-state index in [0.717, 1.165) is 31.6 Å². The minimum absolute atomic E-state index is 0.184. The minimum Gasteiger partial charge on any atom is -0.374 e. The number of hydrogen-bond acceptors (Lipinski definition) is 3. The molecule has 0 N–H and O–H groups in total. The standard InChI is InChI=1S/C13H27BrN2O/c1-11(2)16-6-7-17-12(9-16)8-15(5)13(3,4)10-14/h11-12H,6-10H2,1-5H3. The predicted molar refractivity (Wildman–Crippen MR) is 77.0 cm³/mol. The van der Waals surface area contributed by atoms with Crippen LogP contribution >= 0.6 is 15.9 Å². The zero-order valence-corrected chi connectivity index (χ0v) is 13.5. The number of alkyl halides is 1. The van der Waals surface area contributed by atoms with E-state index in [1.165, 1.54) is 0 Å². The lowest BCUT2D eigenvalue weighted by Gasteiger charge is -2.40. The lowest BCUT2D eigenvalue weighted by molar-refractivity contribution is -0.0576. The Morgan fingerprint density at radius 3 is 2.65 bits per heavy atom. The first-order valence-electron chi connectivity index (χ1n) is 6.49. The molecule has 1 unspecified atom stereocenters. The lowest BCUT2D eigenvalue weighted by atomic mass is 10.1. The molecule has 1 aliphatic rings. The number of morpholine rings is 1. The van der Waals surface area contributed by atoms with Gasteiger partial charge in [-0.05, 0) is 34.7 Å². The molecule has 0 aliphatic carbocycles. The van der Waals surface area contributed by atoms with Crippen LogP contribution in [0.5, 0.6) is 0 Å². The highest BCUT2D eigenvalue weighted by Gasteiger charge is 2.28. The summed E-state index contributed by atoms with van der Waals surface area (Å²) in [7, 11) is 2.18. The summed E-state index contributed by atoms with van der Waals surface area (Å²) >= 11 is 3.58. The van der Waals surface area contributed by atoms with Crippen LogP contribution in [0.25, 0.3) is 0 Å². The molecule has 0 radical (unpaired) electrons. The molecule has 0 saturated carbocycles. The first-order valence-corrected chi connectivity index (χ1v) is 7.62. The molecule has 1 heterocycles. The van der Waals surface area contributed by atoms with Crippen molar-refractivity contribution in [1.29, 1.82) is 0 Å². The quantitative estimate of drug-likeness (QED) is 0.724.